The van der Waals surface area contributed by atoms with Gasteiger partial charge in [0, 0.05) is 0 Å². The van der Waals surface area contributed by atoms with E-state index in [-0.39, 0.29) is 0 Å². The molecule has 4 bridgehead atoms. The molecule has 0 N–H and O–H groups in total. The summed E-state index contributed by atoms with van der Waals surface area (Å²) in [4.78, 5) is 0. The minimum atomic E-state index is -1.78. The summed E-state index contributed by atoms with van der Waals surface area (Å²) in [6.45, 7) is 1.36. The molecule has 0 aromatic heterocycles. The van der Waals surface area contributed by atoms with Gasteiger partial charge in [0.25, 0.3) is 0 Å². The Morgan fingerprint density at radius 3 is 1.73 bits per heavy atom. The molecule has 6 heteroatoms. The van der Waals surface area contributed by atoms with Crippen LogP contribution in [0.4, 0.5) is 0 Å². The second-order valence-corrected chi connectivity index (χ2v) is 7.29. The van der Waals surface area contributed by atoms with Gasteiger partial charge in [-0.1, -0.05) is 24.3 Å². The Bertz CT molecular complexity index is 715. The number of hydrogen-bond donors (Lipinski definition) is 0. The van der Waals surface area contributed by atoms with Gasteiger partial charge in [-0.05, 0) is 61.1 Å². The summed E-state index contributed by atoms with van der Waals surface area (Å²) in [5.74, 6) is 1.60. The molecule has 0 amide bonds. The molecule has 3 atom stereocenters. The molecule has 2 aliphatic heterocycles. The molecule has 1 unspecified atom stereocenters. The fraction of sp³-hybridized carbons (Fsp3) is 0.400. The highest BCUT2D eigenvalue weighted by Gasteiger charge is 2.38. The van der Waals surface area contributed by atoms with E-state index in [1.807, 2.05) is 48.5 Å². The zero-order valence-electron chi connectivity index (χ0n) is 14.5. The third-order valence-corrected chi connectivity index (χ3v) is 5.32. The standard InChI is InChI=1S/C20H22O5S/c21-26-24-19-15-7-5-9-17(13-15)22-11-3-1-2-4-12-23-18-10-6-8-16(14-18)20(19)25-26/h5-10,13-14,19-20H,1-4,11-12H2/t19-,20+,26?. The summed E-state index contributed by atoms with van der Waals surface area (Å²) < 4.78 is 34.8. The van der Waals surface area contributed by atoms with E-state index in [9.17, 15) is 4.21 Å². The maximum atomic E-state index is 11.9. The van der Waals surface area contributed by atoms with Crippen LogP contribution < -0.4 is 9.47 Å². The van der Waals surface area contributed by atoms with E-state index in [2.05, 4.69) is 0 Å². The van der Waals surface area contributed by atoms with Crippen molar-refractivity contribution in [2.75, 3.05) is 13.2 Å². The normalized spacial score (nSPS) is 26.4. The zero-order chi connectivity index (χ0) is 17.8. The average Bonchev–Trinajstić information content (AvgIpc) is 3.06. The fourth-order valence-corrected chi connectivity index (χ4v) is 4.06. The third kappa shape index (κ3) is 4.09. The minimum Gasteiger partial charge on any atom is -0.494 e. The Balaban J connectivity index is 1.67. The van der Waals surface area contributed by atoms with Crippen LogP contribution in [0.3, 0.4) is 0 Å². The van der Waals surface area contributed by atoms with E-state index in [4.69, 9.17) is 17.8 Å². The van der Waals surface area contributed by atoms with Crippen LogP contribution in [0.15, 0.2) is 48.5 Å². The first-order valence-corrected chi connectivity index (χ1v) is 10.0. The lowest BCUT2D eigenvalue weighted by Gasteiger charge is -2.18. The predicted molar refractivity (Wildman–Crippen MR) is 98.1 cm³/mol. The lowest BCUT2D eigenvalue weighted by atomic mass is 9.98. The lowest BCUT2D eigenvalue weighted by Crippen LogP contribution is -2.08. The predicted octanol–water partition coefficient (Wildman–Crippen LogP) is 4.43. The summed E-state index contributed by atoms with van der Waals surface area (Å²) in [7, 11) is 0. The molecule has 138 valence electrons. The van der Waals surface area contributed by atoms with Crippen LogP contribution in [0, 0.1) is 0 Å². The van der Waals surface area contributed by atoms with Crippen molar-refractivity contribution in [3.05, 3.63) is 59.7 Å². The molecule has 2 aliphatic rings. The maximum Gasteiger partial charge on any atom is 0.306 e. The molecule has 4 rings (SSSR count). The van der Waals surface area contributed by atoms with Crippen LogP contribution in [0.5, 0.6) is 11.5 Å². The Labute approximate surface area is 156 Å². The van der Waals surface area contributed by atoms with E-state index in [1.54, 1.807) is 0 Å². The molecule has 2 aromatic rings. The average molecular weight is 374 g/mol. The Morgan fingerprint density at radius 2 is 1.23 bits per heavy atom. The van der Waals surface area contributed by atoms with Crippen molar-refractivity contribution in [2.24, 2.45) is 0 Å². The highest BCUT2D eigenvalue weighted by atomic mass is 32.2. The van der Waals surface area contributed by atoms with Crippen molar-refractivity contribution in [2.45, 2.75) is 37.9 Å². The van der Waals surface area contributed by atoms with Crippen LogP contribution in [-0.4, -0.2) is 17.4 Å². The second kappa shape index (κ2) is 8.20. The van der Waals surface area contributed by atoms with E-state index in [0.717, 1.165) is 48.3 Å². The van der Waals surface area contributed by atoms with Crippen LogP contribution >= 0.6 is 0 Å². The lowest BCUT2D eigenvalue weighted by molar-refractivity contribution is 0.158. The number of benzene rings is 2. The van der Waals surface area contributed by atoms with E-state index in [0.29, 0.717) is 13.2 Å². The van der Waals surface area contributed by atoms with E-state index < -0.39 is 23.6 Å². The van der Waals surface area contributed by atoms with E-state index >= 15 is 0 Å². The van der Waals surface area contributed by atoms with Crippen molar-refractivity contribution in [1.29, 1.82) is 0 Å². The highest BCUT2D eigenvalue weighted by molar-refractivity contribution is 7.75. The third-order valence-electron chi connectivity index (χ3n) is 4.59. The summed E-state index contributed by atoms with van der Waals surface area (Å²) in [6, 6.07) is 15.5. The van der Waals surface area contributed by atoms with Gasteiger partial charge < -0.3 is 9.47 Å². The van der Waals surface area contributed by atoms with Crippen LogP contribution in [0.25, 0.3) is 0 Å². The molecule has 0 aliphatic carbocycles. The fourth-order valence-electron chi connectivity index (χ4n) is 3.25. The van der Waals surface area contributed by atoms with Gasteiger partial charge in [0.05, 0.1) is 13.2 Å². The minimum absolute atomic E-state index is 0.456. The number of hydrogen-bond acceptors (Lipinski definition) is 5. The van der Waals surface area contributed by atoms with Crippen molar-refractivity contribution in [3.63, 3.8) is 0 Å². The quantitative estimate of drug-likeness (QED) is 0.683. The molecular formula is C20H22O5S. The molecule has 5 nitrogen and oxygen atoms in total. The van der Waals surface area contributed by atoms with Crippen molar-refractivity contribution in [3.8, 4) is 11.5 Å². The van der Waals surface area contributed by atoms with Crippen molar-refractivity contribution >= 4 is 11.4 Å². The van der Waals surface area contributed by atoms with Gasteiger partial charge in [-0.2, -0.15) is 4.21 Å². The van der Waals surface area contributed by atoms with Crippen LogP contribution in [0.1, 0.15) is 49.0 Å². The number of ether oxygens (including phenoxy) is 2. The van der Waals surface area contributed by atoms with E-state index in [1.165, 1.54) is 0 Å². The molecule has 1 saturated heterocycles. The van der Waals surface area contributed by atoms with Gasteiger partial charge in [-0.3, -0.25) is 8.37 Å². The summed E-state index contributed by atoms with van der Waals surface area (Å²) in [5.41, 5.74) is 1.77. The van der Waals surface area contributed by atoms with Gasteiger partial charge in [0.2, 0.25) is 0 Å². The van der Waals surface area contributed by atoms with Crippen molar-refractivity contribution in [1.82, 2.24) is 0 Å². The Hall–Kier alpha value is -1.89. The van der Waals surface area contributed by atoms with Gasteiger partial charge in [0.1, 0.15) is 23.7 Å². The highest BCUT2D eigenvalue weighted by Crippen LogP contribution is 2.43. The molecule has 26 heavy (non-hydrogen) atoms. The number of fused-ring (bicyclic) bond motifs is 7. The molecular weight excluding hydrogens is 352 g/mol. The molecule has 0 spiro atoms. The summed E-state index contributed by atoms with van der Waals surface area (Å²) >= 11 is -1.78. The number of rotatable bonds is 0. The van der Waals surface area contributed by atoms with Crippen molar-refractivity contribution < 1.29 is 22.0 Å². The van der Waals surface area contributed by atoms with Gasteiger partial charge >= 0.3 is 11.4 Å². The smallest absolute Gasteiger partial charge is 0.306 e. The molecule has 2 aromatic carbocycles. The van der Waals surface area contributed by atoms with Crippen LogP contribution in [0.2, 0.25) is 0 Å². The molecule has 1 fully saturated rings. The second-order valence-electron chi connectivity index (χ2n) is 6.49. The Kier molecular flexibility index (Phi) is 5.53. The van der Waals surface area contributed by atoms with Gasteiger partial charge in [0.15, 0.2) is 0 Å². The van der Waals surface area contributed by atoms with Gasteiger partial charge in [-0.25, -0.2) is 0 Å². The molecule has 0 radical (unpaired) electrons. The first kappa shape index (κ1) is 17.5. The zero-order valence-corrected chi connectivity index (χ0v) is 15.3. The molecule has 2 heterocycles. The Morgan fingerprint density at radius 1 is 0.731 bits per heavy atom. The van der Waals surface area contributed by atoms with Crippen LogP contribution in [-0.2, 0) is 19.7 Å². The monoisotopic (exact) mass is 374 g/mol. The largest absolute Gasteiger partial charge is 0.494 e. The topological polar surface area (TPSA) is 54.0 Å². The first-order valence-electron chi connectivity index (χ1n) is 9.01. The molecule has 0 saturated carbocycles. The maximum absolute atomic E-state index is 11.9. The van der Waals surface area contributed by atoms with Gasteiger partial charge in [-0.15, -0.1) is 0 Å². The summed E-state index contributed by atoms with van der Waals surface area (Å²) in [5, 5.41) is 0. The summed E-state index contributed by atoms with van der Waals surface area (Å²) in [6.07, 6.45) is 3.34. The first-order chi connectivity index (χ1) is 12.8. The SMILES string of the molecule is O=S1O[C@@H]2c3cccc(c3)OCCCCCCOc3cccc(c3)[C@@H]2O1.